The van der Waals surface area contributed by atoms with Gasteiger partial charge in [0, 0.05) is 32.5 Å². The number of halogens is 2. The molecule has 0 bridgehead atoms. The first-order valence-corrected chi connectivity index (χ1v) is 7.92. The van der Waals surface area contributed by atoms with Crippen molar-refractivity contribution in [2.45, 2.75) is 19.6 Å². The summed E-state index contributed by atoms with van der Waals surface area (Å²) < 4.78 is 13.0. The van der Waals surface area contributed by atoms with Crippen LogP contribution in [-0.2, 0) is 6.54 Å². The van der Waals surface area contributed by atoms with Gasteiger partial charge >= 0.3 is 0 Å². The number of aliphatic hydroxyl groups is 1. The number of pyridine rings is 1. The number of benzene rings is 1. The van der Waals surface area contributed by atoms with Crippen LogP contribution in [-0.4, -0.2) is 41.1 Å². The number of hydrogen-bond acceptors (Lipinski definition) is 3. The van der Waals surface area contributed by atoms with Crippen LogP contribution in [0.1, 0.15) is 24.2 Å². The van der Waals surface area contributed by atoms with Crippen LogP contribution in [0.15, 0.2) is 53.8 Å². The zero-order valence-electron chi connectivity index (χ0n) is 14.4. The molecule has 136 valence electrons. The minimum absolute atomic E-state index is 0. The number of guanidine groups is 1. The minimum atomic E-state index is -0.680. The highest BCUT2D eigenvalue weighted by Crippen LogP contribution is 2.12. The standard InChI is InChI=1S/C18H23FN4O.HI/c1-3-21-18(22-12-17(24)15-8-10-20-11-9-15)23(2)13-14-4-6-16(19)7-5-14;/h4-11,17,24H,3,12-13H2,1-2H3,(H,21,22);1H. The first-order valence-electron chi connectivity index (χ1n) is 7.92. The lowest BCUT2D eigenvalue weighted by molar-refractivity contribution is 0.186. The van der Waals surface area contributed by atoms with Gasteiger partial charge in [-0.25, -0.2) is 4.39 Å². The average molecular weight is 458 g/mol. The Hall–Kier alpha value is -1.74. The largest absolute Gasteiger partial charge is 0.386 e. The Balaban J connectivity index is 0.00000312. The van der Waals surface area contributed by atoms with Crippen LogP contribution in [0.25, 0.3) is 0 Å². The van der Waals surface area contributed by atoms with Crippen LogP contribution in [0.3, 0.4) is 0 Å². The lowest BCUT2D eigenvalue weighted by Crippen LogP contribution is -2.38. The third kappa shape index (κ3) is 6.95. The summed E-state index contributed by atoms with van der Waals surface area (Å²) in [6, 6.07) is 9.94. The monoisotopic (exact) mass is 458 g/mol. The highest BCUT2D eigenvalue weighted by Gasteiger charge is 2.10. The summed E-state index contributed by atoms with van der Waals surface area (Å²) in [4.78, 5) is 10.4. The van der Waals surface area contributed by atoms with E-state index >= 15 is 0 Å². The average Bonchev–Trinajstić information content (AvgIpc) is 2.61. The molecule has 25 heavy (non-hydrogen) atoms. The molecule has 0 radical (unpaired) electrons. The van der Waals surface area contributed by atoms with Crippen molar-refractivity contribution in [2.24, 2.45) is 4.99 Å². The van der Waals surface area contributed by atoms with E-state index in [0.29, 0.717) is 12.5 Å². The smallest absolute Gasteiger partial charge is 0.194 e. The maximum atomic E-state index is 13.0. The Morgan fingerprint density at radius 2 is 1.88 bits per heavy atom. The molecule has 0 fully saturated rings. The summed E-state index contributed by atoms with van der Waals surface area (Å²) in [6.07, 6.45) is 2.61. The van der Waals surface area contributed by atoms with Crippen molar-refractivity contribution in [1.29, 1.82) is 0 Å². The normalized spacial score (nSPS) is 12.2. The summed E-state index contributed by atoms with van der Waals surface area (Å²) in [7, 11) is 1.91. The van der Waals surface area contributed by atoms with Crippen LogP contribution < -0.4 is 5.32 Å². The number of nitrogens with one attached hydrogen (secondary N) is 1. The van der Waals surface area contributed by atoms with E-state index in [2.05, 4.69) is 15.3 Å². The van der Waals surface area contributed by atoms with Gasteiger partial charge in [0.25, 0.3) is 0 Å². The highest BCUT2D eigenvalue weighted by atomic mass is 127. The van der Waals surface area contributed by atoms with Crippen LogP contribution >= 0.6 is 24.0 Å². The van der Waals surface area contributed by atoms with Crippen LogP contribution in [0, 0.1) is 5.82 Å². The van der Waals surface area contributed by atoms with Gasteiger partial charge in [-0.15, -0.1) is 24.0 Å². The van der Waals surface area contributed by atoms with Gasteiger partial charge in [0.2, 0.25) is 0 Å². The third-order valence-corrected chi connectivity index (χ3v) is 3.53. The zero-order chi connectivity index (χ0) is 17.4. The zero-order valence-corrected chi connectivity index (χ0v) is 16.7. The lowest BCUT2D eigenvalue weighted by Gasteiger charge is -2.22. The van der Waals surface area contributed by atoms with E-state index < -0.39 is 6.10 Å². The van der Waals surface area contributed by atoms with Gasteiger partial charge in [-0.05, 0) is 42.3 Å². The SMILES string of the molecule is CCNC(=NCC(O)c1ccncc1)N(C)Cc1ccc(F)cc1.I. The number of aliphatic hydroxyl groups excluding tert-OH is 1. The molecule has 0 aliphatic rings. The molecule has 7 heteroatoms. The second-order valence-electron chi connectivity index (χ2n) is 5.47. The topological polar surface area (TPSA) is 60.8 Å². The Kier molecular flexibility index (Phi) is 9.36. The molecule has 2 N–H and O–H groups in total. The van der Waals surface area contributed by atoms with E-state index in [1.54, 1.807) is 36.7 Å². The Morgan fingerprint density at radius 1 is 1.24 bits per heavy atom. The number of rotatable bonds is 6. The summed E-state index contributed by atoms with van der Waals surface area (Å²) in [5, 5.41) is 13.4. The molecular weight excluding hydrogens is 434 g/mol. The van der Waals surface area contributed by atoms with Crippen molar-refractivity contribution in [3.05, 3.63) is 65.7 Å². The summed E-state index contributed by atoms with van der Waals surface area (Å²) >= 11 is 0. The molecule has 1 atom stereocenters. The van der Waals surface area contributed by atoms with Crippen molar-refractivity contribution in [2.75, 3.05) is 20.1 Å². The molecule has 0 amide bonds. The van der Waals surface area contributed by atoms with Gasteiger partial charge in [-0.2, -0.15) is 0 Å². The Bertz CT molecular complexity index is 652. The van der Waals surface area contributed by atoms with Crippen molar-refractivity contribution < 1.29 is 9.50 Å². The molecule has 1 unspecified atom stereocenters. The molecule has 0 aliphatic carbocycles. The van der Waals surface area contributed by atoms with Gasteiger partial charge in [0.1, 0.15) is 5.82 Å². The first kappa shape index (κ1) is 21.3. The van der Waals surface area contributed by atoms with Gasteiger partial charge in [-0.3, -0.25) is 9.98 Å². The third-order valence-electron chi connectivity index (χ3n) is 3.53. The lowest BCUT2D eigenvalue weighted by atomic mass is 10.1. The fourth-order valence-electron chi connectivity index (χ4n) is 2.27. The molecule has 1 heterocycles. The molecule has 2 aromatic rings. The van der Waals surface area contributed by atoms with E-state index in [1.807, 2.05) is 18.9 Å². The van der Waals surface area contributed by atoms with E-state index in [0.717, 1.165) is 17.7 Å². The molecular formula is C18H24FIN4O. The predicted octanol–water partition coefficient (Wildman–Crippen LogP) is 2.97. The van der Waals surface area contributed by atoms with Gasteiger partial charge in [0.05, 0.1) is 12.6 Å². The quantitative estimate of drug-likeness (QED) is 0.397. The van der Waals surface area contributed by atoms with Crippen LogP contribution in [0.5, 0.6) is 0 Å². The molecule has 0 spiro atoms. The number of nitrogens with zero attached hydrogens (tertiary/aromatic N) is 3. The Morgan fingerprint density at radius 3 is 2.48 bits per heavy atom. The summed E-state index contributed by atoms with van der Waals surface area (Å²) in [5.41, 5.74) is 1.77. The van der Waals surface area contributed by atoms with E-state index in [-0.39, 0.29) is 36.3 Å². The number of aliphatic imine (C=N–C) groups is 1. The van der Waals surface area contributed by atoms with Gasteiger partial charge < -0.3 is 15.3 Å². The van der Waals surface area contributed by atoms with Crippen molar-refractivity contribution in [3.8, 4) is 0 Å². The fourth-order valence-corrected chi connectivity index (χ4v) is 2.27. The molecule has 5 nitrogen and oxygen atoms in total. The van der Waals surface area contributed by atoms with Crippen molar-refractivity contribution in [3.63, 3.8) is 0 Å². The number of hydrogen-bond donors (Lipinski definition) is 2. The Labute approximate surface area is 165 Å². The second-order valence-corrected chi connectivity index (χ2v) is 5.47. The molecule has 0 aliphatic heterocycles. The molecule has 1 aromatic heterocycles. The van der Waals surface area contributed by atoms with Gasteiger partial charge in [-0.1, -0.05) is 12.1 Å². The van der Waals surface area contributed by atoms with Crippen molar-refractivity contribution in [1.82, 2.24) is 15.2 Å². The molecule has 0 saturated heterocycles. The molecule has 0 saturated carbocycles. The first-order chi connectivity index (χ1) is 11.6. The predicted molar refractivity (Wildman–Crippen MR) is 108 cm³/mol. The number of aromatic nitrogens is 1. The maximum Gasteiger partial charge on any atom is 0.194 e. The van der Waals surface area contributed by atoms with E-state index in [1.165, 1.54) is 12.1 Å². The van der Waals surface area contributed by atoms with Crippen molar-refractivity contribution >= 4 is 29.9 Å². The van der Waals surface area contributed by atoms with Gasteiger partial charge in [0.15, 0.2) is 5.96 Å². The molecule has 1 aromatic carbocycles. The summed E-state index contributed by atoms with van der Waals surface area (Å²) in [6.45, 7) is 3.55. The maximum absolute atomic E-state index is 13.0. The fraction of sp³-hybridized carbons (Fsp3) is 0.333. The summed E-state index contributed by atoms with van der Waals surface area (Å²) in [5.74, 6) is 0.442. The second kappa shape index (κ2) is 11.0. The van der Waals surface area contributed by atoms with Crippen LogP contribution in [0.2, 0.25) is 0 Å². The van der Waals surface area contributed by atoms with E-state index in [9.17, 15) is 9.50 Å². The van der Waals surface area contributed by atoms with Crippen LogP contribution in [0.4, 0.5) is 4.39 Å². The highest BCUT2D eigenvalue weighted by molar-refractivity contribution is 14.0. The molecule has 2 rings (SSSR count). The van der Waals surface area contributed by atoms with E-state index in [4.69, 9.17) is 0 Å². The minimum Gasteiger partial charge on any atom is -0.386 e.